The highest BCUT2D eigenvalue weighted by atomic mass is 127. The number of hydrogen-bond donors (Lipinski definition) is 1. The van der Waals surface area contributed by atoms with Crippen molar-refractivity contribution in [1.29, 1.82) is 0 Å². The second-order valence-corrected chi connectivity index (χ2v) is 4.87. The molecule has 0 radical (unpaired) electrons. The van der Waals surface area contributed by atoms with Gasteiger partial charge in [-0.2, -0.15) is 0 Å². The van der Waals surface area contributed by atoms with Crippen LogP contribution in [0.25, 0.3) is 0 Å². The number of anilines is 1. The van der Waals surface area contributed by atoms with E-state index in [1.807, 2.05) is 0 Å². The van der Waals surface area contributed by atoms with Crippen molar-refractivity contribution in [3.8, 4) is 0 Å². The van der Waals surface area contributed by atoms with E-state index in [2.05, 4.69) is 49.3 Å². The highest BCUT2D eigenvalue weighted by Crippen LogP contribution is 2.16. The van der Waals surface area contributed by atoms with Crippen molar-refractivity contribution in [3.63, 3.8) is 0 Å². The highest BCUT2D eigenvalue weighted by molar-refractivity contribution is 14.1. The first-order valence-corrected chi connectivity index (χ1v) is 6.50. The summed E-state index contributed by atoms with van der Waals surface area (Å²) in [6, 6.07) is 0. The molecule has 2 heterocycles. The Morgan fingerprint density at radius 1 is 1.44 bits per heavy atom. The number of piperazine rings is 1. The quantitative estimate of drug-likeness (QED) is 0.801. The zero-order valence-electron chi connectivity index (χ0n) is 9.24. The monoisotopic (exact) mass is 334 g/mol. The predicted molar refractivity (Wildman–Crippen MR) is 71.9 cm³/mol. The van der Waals surface area contributed by atoms with E-state index < -0.39 is 0 Å². The van der Waals surface area contributed by atoms with Crippen molar-refractivity contribution in [2.75, 3.05) is 37.6 Å². The van der Waals surface area contributed by atoms with E-state index in [4.69, 9.17) is 0 Å². The SMILES string of the molecule is CCN1CCN(c2nc[nH]c(=O)c2I)CC1. The molecule has 2 rings (SSSR count). The second kappa shape index (κ2) is 5.13. The first-order valence-electron chi connectivity index (χ1n) is 5.43. The van der Waals surface area contributed by atoms with Crippen LogP contribution >= 0.6 is 22.6 Å². The van der Waals surface area contributed by atoms with Gasteiger partial charge in [0.2, 0.25) is 0 Å². The molecule has 0 bridgehead atoms. The van der Waals surface area contributed by atoms with Gasteiger partial charge in [-0.05, 0) is 29.1 Å². The number of rotatable bonds is 2. The topological polar surface area (TPSA) is 52.2 Å². The Bertz CT molecular complexity index is 412. The molecule has 0 aliphatic carbocycles. The Kier molecular flexibility index (Phi) is 3.80. The summed E-state index contributed by atoms with van der Waals surface area (Å²) in [5.74, 6) is 0.820. The van der Waals surface area contributed by atoms with E-state index in [0.29, 0.717) is 3.57 Å². The smallest absolute Gasteiger partial charge is 0.266 e. The van der Waals surface area contributed by atoms with Gasteiger partial charge in [-0.25, -0.2) is 4.98 Å². The van der Waals surface area contributed by atoms with Gasteiger partial charge in [0, 0.05) is 26.2 Å². The third kappa shape index (κ3) is 2.37. The van der Waals surface area contributed by atoms with Crippen molar-refractivity contribution < 1.29 is 0 Å². The Labute approximate surface area is 108 Å². The molecule has 1 fully saturated rings. The molecule has 1 aromatic heterocycles. The fourth-order valence-electron chi connectivity index (χ4n) is 1.87. The number of likely N-dealkylation sites (N-methyl/N-ethyl adjacent to an activating group) is 1. The van der Waals surface area contributed by atoms with Gasteiger partial charge >= 0.3 is 0 Å². The molecule has 0 saturated carbocycles. The Hall–Kier alpha value is -0.630. The number of H-pyrrole nitrogens is 1. The van der Waals surface area contributed by atoms with Crippen LogP contribution < -0.4 is 10.5 Å². The first-order chi connectivity index (χ1) is 7.72. The number of aromatic nitrogens is 2. The van der Waals surface area contributed by atoms with Crippen molar-refractivity contribution in [2.24, 2.45) is 0 Å². The van der Waals surface area contributed by atoms with E-state index in [9.17, 15) is 4.79 Å². The molecule has 1 aliphatic rings. The maximum absolute atomic E-state index is 11.5. The summed E-state index contributed by atoms with van der Waals surface area (Å²) in [5, 5.41) is 0. The molecule has 0 unspecified atom stereocenters. The van der Waals surface area contributed by atoms with E-state index in [1.165, 1.54) is 6.33 Å². The largest absolute Gasteiger partial charge is 0.353 e. The van der Waals surface area contributed by atoms with Crippen molar-refractivity contribution in [1.82, 2.24) is 14.9 Å². The first kappa shape index (κ1) is 11.8. The maximum atomic E-state index is 11.5. The lowest BCUT2D eigenvalue weighted by Crippen LogP contribution is -2.47. The summed E-state index contributed by atoms with van der Waals surface area (Å²) >= 11 is 2.06. The van der Waals surface area contributed by atoms with Gasteiger partial charge in [0.05, 0.1) is 6.33 Å². The number of aromatic amines is 1. The van der Waals surface area contributed by atoms with E-state index in [0.717, 1.165) is 38.5 Å². The molecule has 0 amide bonds. The third-order valence-electron chi connectivity index (χ3n) is 2.90. The van der Waals surface area contributed by atoms with Gasteiger partial charge in [-0.1, -0.05) is 6.92 Å². The van der Waals surface area contributed by atoms with Crippen LogP contribution in [0.4, 0.5) is 5.82 Å². The molecular formula is C10H15IN4O. The molecular weight excluding hydrogens is 319 g/mol. The van der Waals surface area contributed by atoms with Crippen molar-refractivity contribution in [3.05, 3.63) is 20.3 Å². The maximum Gasteiger partial charge on any atom is 0.266 e. The minimum atomic E-state index is -0.0523. The lowest BCUT2D eigenvalue weighted by molar-refractivity contribution is 0.270. The van der Waals surface area contributed by atoms with Gasteiger partial charge in [0.1, 0.15) is 9.39 Å². The molecule has 1 aromatic rings. The van der Waals surface area contributed by atoms with Gasteiger partial charge in [-0.3, -0.25) is 4.79 Å². The third-order valence-corrected chi connectivity index (χ3v) is 3.87. The van der Waals surface area contributed by atoms with Gasteiger partial charge in [0.15, 0.2) is 0 Å². The van der Waals surface area contributed by atoms with E-state index in [-0.39, 0.29) is 5.56 Å². The van der Waals surface area contributed by atoms with Crippen LogP contribution in [0.5, 0.6) is 0 Å². The normalized spacial score (nSPS) is 17.8. The molecule has 0 aromatic carbocycles. The average molecular weight is 334 g/mol. The van der Waals surface area contributed by atoms with Crippen LogP contribution in [-0.2, 0) is 0 Å². The number of hydrogen-bond acceptors (Lipinski definition) is 4. The van der Waals surface area contributed by atoms with Crippen LogP contribution in [0.2, 0.25) is 0 Å². The van der Waals surface area contributed by atoms with Gasteiger partial charge in [-0.15, -0.1) is 0 Å². The van der Waals surface area contributed by atoms with Crippen LogP contribution in [0.1, 0.15) is 6.92 Å². The zero-order chi connectivity index (χ0) is 11.5. The number of nitrogens with zero attached hydrogens (tertiary/aromatic N) is 3. The number of halogens is 1. The molecule has 5 nitrogen and oxygen atoms in total. The fourth-order valence-corrected chi connectivity index (χ4v) is 2.51. The fraction of sp³-hybridized carbons (Fsp3) is 0.600. The molecule has 6 heteroatoms. The minimum absolute atomic E-state index is 0.0523. The molecule has 1 saturated heterocycles. The Morgan fingerprint density at radius 2 is 2.12 bits per heavy atom. The summed E-state index contributed by atoms with van der Waals surface area (Å²) in [5.41, 5.74) is -0.0523. The molecule has 0 atom stereocenters. The molecule has 88 valence electrons. The minimum Gasteiger partial charge on any atom is -0.353 e. The zero-order valence-corrected chi connectivity index (χ0v) is 11.4. The molecule has 1 N–H and O–H groups in total. The van der Waals surface area contributed by atoms with Crippen molar-refractivity contribution in [2.45, 2.75) is 6.92 Å². The van der Waals surface area contributed by atoms with E-state index in [1.54, 1.807) is 0 Å². The van der Waals surface area contributed by atoms with Crippen LogP contribution in [-0.4, -0.2) is 47.6 Å². The van der Waals surface area contributed by atoms with Gasteiger partial charge < -0.3 is 14.8 Å². The highest BCUT2D eigenvalue weighted by Gasteiger charge is 2.19. The van der Waals surface area contributed by atoms with Crippen molar-refractivity contribution >= 4 is 28.4 Å². The lowest BCUT2D eigenvalue weighted by Gasteiger charge is -2.34. The number of nitrogens with one attached hydrogen (secondary N) is 1. The van der Waals surface area contributed by atoms with Crippen LogP contribution in [0, 0.1) is 3.57 Å². The summed E-state index contributed by atoms with van der Waals surface area (Å²) in [4.78, 5) is 22.9. The standard InChI is InChI=1S/C10H15IN4O/c1-2-14-3-5-15(6-4-14)9-8(11)10(16)13-7-12-9/h7H,2-6H2,1H3,(H,12,13,16). The van der Waals surface area contributed by atoms with Crippen LogP contribution in [0.15, 0.2) is 11.1 Å². The predicted octanol–water partition coefficient (Wildman–Crippen LogP) is 0.516. The summed E-state index contributed by atoms with van der Waals surface area (Å²) in [6.07, 6.45) is 1.48. The summed E-state index contributed by atoms with van der Waals surface area (Å²) in [7, 11) is 0. The summed E-state index contributed by atoms with van der Waals surface area (Å²) in [6.45, 7) is 7.24. The molecule has 16 heavy (non-hydrogen) atoms. The lowest BCUT2D eigenvalue weighted by atomic mass is 10.3. The van der Waals surface area contributed by atoms with Crippen LogP contribution in [0.3, 0.4) is 0 Å². The molecule has 1 aliphatic heterocycles. The Morgan fingerprint density at radius 3 is 2.75 bits per heavy atom. The average Bonchev–Trinajstić information content (AvgIpc) is 2.33. The Balaban J connectivity index is 2.14. The summed E-state index contributed by atoms with van der Waals surface area (Å²) < 4.78 is 0.685. The van der Waals surface area contributed by atoms with E-state index >= 15 is 0 Å². The molecule has 0 spiro atoms. The van der Waals surface area contributed by atoms with Gasteiger partial charge in [0.25, 0.3) is 5.56 Å². The second-order valence-electron chi connectivity index (χ2n) is 3.79.